The van der Waals surface area contributed by atoms with Gasteiger partial charge in [0.05, 0.1) is 5.92 Å². The monoisotopic (exact) mass is 257 g/mol. The summed E-state index contributed by atoms with van der Waals surface area (Å²) in [5.74, 6) is -1.18. The first-order valence-corrected chi connectivity index (χ1v) is 6.34. The molecule has 0 bridgehead atoms. The molecule has 0 aliphatic carbocycles. The maximum Gasteiger partial charge on any atom is 0.410 e. The third kappa shape index (κ3) is 3.62. The first-order valence-electron chi connectivity index (χ1n) is 6.34. The molecule has 1 amide bonds. The lowest BCUT2D eigenvalue weighted by Gasteiger charge is -2.40. The van der Waals surface area contributed by atoms with Crippen LogP contribution < -0.4 is 0 Å². The van der Waals surface area contributed by atoms with E-state index in [-0.39, 0.29) is 12.0 Å². The smallest absolute Gasteiger partial charge is 0.410 e. The molecular formula is C13H23NO4. The van der Waals surface area contributed by atoms with Crippen LogP contribution in [0.1, 0.15) is 41.0 Å². The van der Waals surface area contributed by atoms with Gasteiger partial charge in [0.15, 0.2) is 0 Å². The average Bonchev–Trinajstić information content (AvgIpc) is 2.17. The molecule has 1 heterocycles. The third-order valence-corrected chi connectivity index (χ3v) is 3.18. The molecule has 0 aromatic heterocycles. The molecule has 1 rings (SSSR count). The number of rotatable bonds is 1. The van der Waals surface area contributed by atoms with E-state index in [1.807, 2.05) is 6.92 Å². The predicted molar refractivity (Wildman–Crippen MR) is 67.3 cm³/mol. The van der Waals surface area contributed by atoms with Gasteiger partial charge in [-0.05, 0) is 40.0 Å². The van der Waals surface area contributed by atoms with Gasteiger partial charge in [-0.1, -0.05) is 6.92 Å². The van der Waals surface area contributed by atoms with E-state index in [0.717, 1.165) is 0 Å². The summed E-state index contributed by atoms with van der Waals surface area (Å²) in [6.45, 7) is 9.69. The largest absolute Gasteiger partial charge is 0.481 e. The van der Waals surface area contributed by atoms with Crippen molar-refractivity contribution in [2.24, 2.45) is 11.8 Å². The van der Waals surface area contributed by atoms with Crippen molar-refractivity contribution in [2.75, 3.05) is 6.54 Å². The first kappa shape index (κ1) is 14.8. The highest BCUT2D eigenvalue weighted by Gasteiger charge is 2.39. The Hall–Kier alpha value is -1.26. The van der Waals surface area contributed by atoms with Crippen LogP contribution in [0.25, 0.3) is 0 Å². The van der Waals surface area contributed by atoms with Gasteiger partial charge in [-0.15, -0.1) is 0 Å². The molecular weight excluding hydrogens is 234 g/mol. The summed E-state index contributed by atoms with van der Waals surface area (Å²) >= 11 is 0. The maximum absolute atomic E-state index is 12.0. The zero-order valence-corrected chi connectivity index (χ0v) is 11.8. The third-order valence-electron chi connectivity index (χ3n) is 3.18. The first-order chi connectivity index (χ1) is 8.11. The topological polar surface area (TPSA) is 66.8 Å². The van der Waals surface area contributed by atoms with Gasteiger partial charge < -0.3 is 14.7 Å². The van der Waals surface area contributed by atoms with Crippen molar-refractivity contribution in [1.29, 1.82) is 0 Å². The molecule has 1 aliphatic heterocycles. The highest BCUT2D eigenvalue weighted by Crippen LogP contribution is 2.28. The molecule has 0 spiro atoms. The van der Waals surface area contributed by atoms with Crippen molar-refractivity contribution in [3.8, 4) is 0 Å². The van der Waals surface area contributed by atoms with Gasteiger partial charge in [0.25, 0.3) is 0 Å². The number of amides is 1. The standard InChI is InChI=1S/C13H23NO4/c1-8-6-10(11(15)16)9(2)14(7-8)12(17)18-13(3,4)5/h8-10H,6-7H2,1-5H3,(H,15,16)/t8-,9?,10+/m1/s1. The molecule has 1 unspecified atom stereocenters. The number of piperidine rings is 1. The molecule has 0 aromatic rings. The van der Waals surface area contributed by atoms with Crippen LogP contribution in [0.15, 0.2) is 0 Å². The fraction of sp³-hybridized carbons (Fsp3) is 0.846. The van der Waals surface area contributed by atoms with Crippen LogP contribution in [0.3, 0.4) is 0 Å². The zero-order valence-electron chi connectivity index (χ0n) is 11.8. The molecule has 3 atom stereocenters. The van der Waals surface area contributed by atoms with Crippen LogP contribution in [-0.2, 0) is 9.53 Å². The van der Waals surface area contributed by atoms with E-state index in [2.05, 4.69) is 0 Å². The molecule has 0 aromatic carbocycles. The van der Waals surface area contributed by atoms with Crippen molar-refractivity contribution >= 4 is 12.1 Å². The van der Waals surface area contributed by atoms with Crippen LogP contribution in [-0.4, -0.2) is 40.3 Å². The Balaban J connectivity index is 2.80. The van der Waals surface area contributed by atoms with Gasteiger partial charge in [-0.25, -0.2) is 4.79 Å². The molecule has 5 nitrogen and oxygen atoms in total. The Morgan fingerprint density at radius 2 is 1.83 bits per heavy atom. The van der Waals surface area contributed by atoms with E-state index in [1.165, 1.54) is 4.90 Å². The van der Waals surface area contributed by atoms with Crippen molar-refractivity contribution in [1.82, 2.24) is 4.90 Å². The molecule has 104 valence electrons. The molecule has 0 saturated carbocycles. The van der Waals surface area contributed by atoms with E-state index < -0.39 is 23.6 Å². The second-order valence-electron chi connectivity index (χ2n) is 6.16. The molecule has 1 aliphatic rings. The van der Waals surface area contributed by atoms with Crippen LogP contribution in [0.4, 0.5) is 4.79 Å². The lowest BCUT2D eigenvalue weighted by atomic mass is 9.85. The quantitative estimate of drug-likeness (QED) is 0.783. The van der Waals surface area contributed by atoms with Crippen molar-refractivity contribution in [3.63, 3.8) is 0 Å². The minimum Gasteiger partial charge on any atom is -0.481 e. The van der Waals surface area contributed by atoms with Crippen molar-refractivity contribution < 1.29 is 19.4 Å². The second kappa shape index (κ2) is 5.16. The normalized spacial score (nSPS) is 28.9. The molecule has 0 radical (unpaired) electrons. The summed E-state index contributed by atoms with van der Waals surface area (Å²) in [6.07, 6.45) is 0.184. The van der Waals surface area contributed by atoms with Gasteiger partial charge in [-0.2, -0.15) is 0 Å². The minimum atomic E-state index is -0.845. The summed E-state index contributed by atoms with van der Waals surface area (Å²) in [5, 5.41) is 9.18. The van der Waals surface area contributed by atoms with Crippen LogP contribution in [0.5, 0.6) is 0 Å². The Morgan fingerprint density at radius 3 is 2.28 bits per heavy atom. The zero-order chi connectivity index (χ0) is 14.1. The van der Waals surface area contributed by atoms with Crippen molar-refractivity contribution in [2.45, 2.75) is 52.7 Å². The summed E-state index contributed by atoms with van der Waals surface area (Å²) in [7, 11) is 0. The minimum absolute atomic E-state index is 0.176. The Morgan fingerprint density at radius 1 is 1.28 bits per heavy atom. The number of ether oxygens (including phenoxy) is 1. The highest BCUT2D eigenvalue weighted by molar-refractivity contribution is 5.74. The van der Waals surface area contributed by atoms with Crippen LogP contribution in [0, 0.1) is 11.8 Å². The molecule has 18 heavy (non-hydrogen) atoms. The second-order valence-corrected chi connectivity index (χ2v) is 6.16. The number of carboxylic acid groups (broad SMARTS) is 1. The number of hydrogen-bond donors (Lipinski definition) is 1. The summed E-state index contributed by atoms with van der Waals surface area (Å²) in [6, 6.07) is -0.325. The summed E-state index contributed by atoms with van der Waals surface area (Å²) in [4.78, 5) is 24.8. The number of carbonyl (C=O) groups excluding carboxylic acids is 1. The summed E-state index contributed by atoms with van der Waals surface area (Å²) < 4.78 is 5.32. The highest BCUT2D eigenvalue weighted by atomic mass is 16.6. The Labute approximate surface area is 108 Å². The van der Waals surface area contributed by atoms with Gasteiger partial charge in [0.1, 0.15) is 5.60 Å². The van der Waals surface area contributed by atoms with Gasteiger partial charge in [-0.3, -0.25) is 4.79 Å². The van der Waals surface area contributed by atoms with Gasteiger partial charge in [0.2, 0.25) is 0 Å². The summed E-state index contributed by atoms with van der Waals surface area (Å²) in [5.41, 5.74) is -0.559. The average molecular weight is 257 g/mol. The van der Waals surface area contributed by atoms with Crippen LogP contribution >= 0.6 is 0 Å². The number of hydrogen-bond acceptors (Lipinski definition) is 3. The van der Waals surface area contributed by atoms with E-state index in [4.69, 9.17) is 4.74 Å². The molecule has 1 N–H and O–H groups in total. The Kier molecular flexibility index (Phi) is 4.24. The van der Waals surface area contributed by atoms with Crippen LogP contribution in [0.2, 0.25) is 0 Å². The van der Waals surface area contributed by atoms with E-state index in [1.54, 1.807) is 27.7 Å². The molecule has 1 saturated heterocycles. The number of carbonyl (C=O) groups is 2. The van der Waals surface area contributed by atoms with Crippen molar-refractivity contribution in [3.05, 3.63) is 0 Å². The van der Waals surface area contributed by atoms with Gasteiger partial charge >= 0.3 is 12.1 Å². The fourth-order valence-corrected chi connectivity index (χ4v) is 2.29. The number of aliphatic carboxylic acids is 1. The van der Waals surface area contributed by atoms with Gasteiger partial charge in [0, 0.05) is 12.6 Å². The molecule has 1 fully saturated rings. The SMILES string of the molecule is CC1[C@@H](C(=O)O)C[C@@H](C)CN1C(=O)OC(C)(C)C. The number of nitrogens with zero attached hydrogens (tertiary/aromatic N) is 1. The van der Waals surface area contributed by atoms with E-state index in [0.29, 0.717) is 13.0 Å². The van der Waals surface area contributed by atoms with E-state index >= 15 is 0 Å². The lowest BCUT2D eigenvalue weighted by Crippen LogP contribution is -2.52. The fourth-order valence-electron chi connectivity index (χ4n) is 2.29. The maximum atomic E-state index is 12.0. The molecule has 5 heteroatoms. The van der Waals surface area contributed by atoms with E-state index in [9.17, 15) is 14.7 Å². The Bertz CT molecular complexity index is 334. The number of likely N-dealkylation sites (tertiary alicyclic amines) is 1. The predicted octanol–water partition coefficient (Wildman–Crippen LogP) is 2.35. The lowest BCUT2D eigenvalue weighted by molar-refractivity contribution is -0.146. The number of carboxylic acids is 1.